The largest absolute Gasteiger partial charge is 0.297 e. The predicted octanol–water partition coefficient (Wildman–Crippen LogP) is 3.68. The van der Waals surface area contributed by atoms with E-state index in [1.165, 1.54) is 24.3 Å². The highest BCUT2D eigenvalue weighted by molar-refractivity contribution is 7.86. The Labute approximate surface area is 136 Å². The van der Waals surface area contributed by atoms with Gasteiger partial charge < -0.3 is 0 Å². The van der Waals surface area contributed by atoms with Crippen molar-refractivity contribution in [3.8, 4) is 12.3 Å². The third-order valence-corrected chi connectivity index (χ3v) is 4.64. The Hall–Kier alpha value is -1.80. The van der Waals surface area contributed by atoms with Gasteiger partial charge in [0, 0.05) is 17.9 Å². The molecule has 0 bridgehead atoms. The fourth-order valence-electron chi connectivity index (χ4n) is 1.98. The van der Waals surface area contributed by atoms with Gasteiger partial charge in [-0.1, -0.05) is 41.9 Å². The lowest BCUT2D eigenvalue weighted by Gasteiger charge is -2.15. The van der Waals surface area contributed by atoms with Gasteiger partial charge >= 0.3 is 0 Å². The van der Waals surface area contributed by atoms with Crippen LogP contribution in [0.15, 0.2) is 59.5 Å². The lowest BCUT2D eigenvalue weighted by Crippen LogP contribution is -2.20. The molecule has 0 saturated heterocycles. The van der Waals surface area contributed by atoms with E-state index in [9.17, 15) is 8.42 Å². The summed E-state index contributed by atoms with van der Waals surface area (Å²) in [6, 6.07) is 15.3. The number of benzene rings is 2. The molecule has 0 fully saturated rings. The molecule has 2 aromatic carbocycles. The second-order valence-corrected chi connectivity index (χ2v) is 6.73. The average Bonchev–Trinajstić information content (AvgIpc) is 2.48. The van der Waals surface area contributed by atoms with E-state index < -0.39 is 16.2 Å². The summed E-state index contributed by atoms with van der Waals surface area (Å²) in [5.41, 5.74) is 0.967. The molecule has 22 heavy (non-hydrogen) atoms. The first kappa shape index (κ1) is 16.6. The Balaban J connectivity index is 2.16. The first-order valence-electron chi connectivity index (χ1n) is 6.67. The predicted molar refractivity (Wildman–Crippen MR) is 87.1 cm³/mol. The molecule has 0 aromatic heterocycles. The summed E-state index contributed by atoms with van der Waals surface area (Å²) in [6.07, 6.45) is 5.35. The summed E-state index contributed by atoms with van der Waals surface area (Å²) in [6.45, 7) is 0. The van der Waals surface area contributed by atoms with Gasteiger partial charge in [-0.25, -0.2) is 0 Å². The van der Waals surface area contributed by atoms with Crippen LogP contribution in [-0.2, 0) is 20.7 Å². The molecule has 0 N–H and O–H groups in total. The highest BCUT2D eigenvalue weighted by Gasteiger charge is 2.21. The first-order valence-corrected chi connectivity index (χ1v) is 8.46. The molecule has 0 aliphatic rings. The van der Waals surface area contributed by atoms with Crippen molar-refractivity contribution in [2.24, 2.45) is 0 Å². The van der Waals surface area contributed by atoms with E-state index in [-0.39, 0.29) is 11.3 Å². The van der Waals surface area contributed by atoms with Gasteiger partial charge in [-0.3, -0.25) is 4.18 Å². The summed E-state index contributed by atoms with van der Waals surface area (Å²) in [5.74, 6) is 2.46. The van der Waals surface area contributed by atoms with E-state index in [0.29, 0.717) is 11.4 Å². The SMILES string of the molecule is C#CC[C@@H](Cc1ccccc1)OS(=O)(=O)c1ccc(Cl)cc1. The maximum atomic E-state index is 12.3. The third-order valence-electron chi connectivity index (χ3n) is 3.02. The topological polar surface area (TPSA) is 43.4 Å². The van der Waals surface area contributed by atoms with Crippen molar-refractivity contribution in [3.63, 3.8) is 0 Å². The molecule has 0 saturated carbocycles. The summed E-state index contributed by atoms with van der Waals surface area (Å²) >= 11 is 5.76. The van der Waals surface area contributed by atoms with Crippen LogP contribution in [0.3, 0.4) is 0 Å². The number of hydrogen-bond acceptors (Lipinski definition) is 3. The minimum Gasteiger partial charge on any atom is -0.262 e. The molecule has 2 aromatic rings. The summed E-state index contributed by atoms with van der Waals surface area (Å²) < 4.78 is 29.9. The van der Waals surface area contributed by atoms with Gasteiger partial charge in [-0.05, 0) is 29.8 Å². The van der Waals surface area contributed by atoms with E-state index >= 15 is 0 Å². The molecule has 0 spiro atoms. The van der Waals surface area contributed by atoms with Crippen LogP contribution in [0.25, 0.3) is 0 Å². The average molecular weight is 335 g/mol. The maximum absolute atomic E-state index is 12.3. The van der Waals surface area contributed by atoms with Gasteiger partial charge in [0.1, 0.15) is 0 Å². The Kier molecular flexibility index (Phi) is 5.62. The van der Waals surface area contributed by atoms with E-state index in [0.717, 1.165) is 5.56 Å². The highest BCUT2D eigenvalue weighted by atomic mass is 35.5. The lowest BCUT2D eigenvalue weighted by atomic mass is 10.1. The zero-order valence-electron chi connectivity index (χ0n) is 11.8. The quantitative estimate of drug-likeness (QED) is 0.598. The summed E-state index contributed by atoms with van der Waals surface area (Å²) in [7, 11) is -3.87. The number of halogens is 1. The number of hydrogen-bond donors (Lipinski definition) is 0. The van der Waals surface area contributed by atoms with Gasteiger partial charge in [-0.2, -0.15) is 8.42 Å². The van der Waals surface area contributed by atoms with Gasteiger partial charge in [0.15, 0.2) is 0 Å². The Morgan fingerprint density at radius 3 is 2.32 bits per heavy atom. The van der Waals surface area contributed by atoms with Crippen LogP contribution in [0.1, 0.15) is 12.0 Å². The lowest BCUT2D eigenvalue weighted by molar-refractivity contribution is 0.215. The maximum Gasteiger partial charge on any atom is 0.297 e. The standard InChI is InChI=1S/C17H15ClO3S/c1-2-6-16(13-14-7-4-3-5-8-14)21-22(19,20)17-11-9-15(18)10-12-17/h1,3-5,7-12,16H,6,13H2/t16-/m0/s1. The van der Waals surface area contributed by atoms with Crippen molar-refractivity contribution in [1.29, 1.82) is 0 Å². The molecular weight excluding hydrogens is 320 g/mol. The fraction of sp³-hybridized carbons (Fsp3) is 0.176. The minimum atomic E-state index is -3.87. The summed E-state index contributed by atoms with van der Waals surface area (Å²) in [4.78, 5) is 0.0620. The monoisotopic (exact) mass is 334 g/mol. The zero-order valence-corrected chi connectivity index (χ0v) is 13.3. The third kappa shape index (κ3) is 4.60. The Morgan fingerprint density at radius 1 is 1.09 bits per heavy atom. The van der Waals surface area contributed by atoms with E-state index in [4.69, 9.17) is 22.2 Å². The fourth-order valence-corrected chi connectivity index (χ4v) is 3.19. The van der Waals surface area contributed by atoms with Crippen LogP contribution in [0.2, 0.25) is 5.02 Å². The van der Waals surface area contributed by atoms with E-state index in [2.05, 4.69) is 5.92 Å². The van der Waals surface area contributed by atoms with Crippen LogP contribution in [0, 0.1) is 12.3 Å². The number of terminal acetylenes is 1. The Bertz CT molecular complexity index is 747. The molecule has 1 atom stereocenters. The van der Waals surface area contributed by atoms with Crippen LogP contribution < -0.4 is 0 Å². The molecule has 0 heterocycles. The van der Waals surface area contributed by atoms with Gasteiger partial charge in [-0.15, -0.1) is 12.3 Å². The molecule has 2 rings (SSSR count). The van der Waals surface area contributed by atoms with Crippen molar-refractivity contribution in [1.82, 2.24) is 0 Å². The van der Waals surface area contributed by atoms with Gasteiger partial charge in [0.2, 0.25) is 0 Å². The minimum absolute atomic E-state index is 0.0620. The molecule has 0 radical (unpaired) electrons. The molecule has 3 nitrogen and oxygen atoms in total. The second kappa shape index (κ2) is 7.46. The zero-order chi connectivity index (χ0) is 16.0. The van der Waals surface area contributed by atoms with Crippen molar-refractivity contribution in [2.45, 2.75) is 23.8 Å². The number of rotatable bonds is 6. The van der Waals surface area contributed by atoms with Crippen LogP contribution in [0.4, 0.5) is 0 Å². The molecule has 0 unspecified atom stereocenters. The van der Waals surface area contributed by atoms with Crippen molar-refractivity contribution >= 4 is 21.7 Å². The smallest absolute Gasteiger partial charge is 0.262 e. The molecular formula is C17H15ClO3S. The normalized spacial score (nSPS) is 12.5. The second-order valence-electron chi connectivity index (χ2n) is 4.72. The van der Waals surface area contributed by atoms with E-state index in [1.807, 2.05) is 30.3 Å². The van der Waals surface area contributed by atoms with Crippen LogP contribution in [0.5, 0.6) is 0 Å². The molecule has 0 amide bonds. The van der Waals surface area contributed by atoms with Crippen molar-refractivity contribution < 1.29 is 12.6 Å². The Morgan fingerprint density at radius 2 is 1.73 bits per heavy atom. The highest BCUT2D eigenvalue weighted by Crippen LogP contribution is 2.20. The molecule has 0 aliphatic heterocycles. The van der Waals surface area contributed by atoms with Gasteiger partial charge in [0.25, 0.3) is 10.1 Å². The van der Waals surface area contributed by atoms with Gasteiger partial charge in [0.05, 0.1) is 11.0 Å². The van der Waals surface area contributed by atoms with E-state index in [1.54, 1.807) is 0 Å². The van der Waals surface area contributed by atoms with Crippen molar-refractivity contribution in [3.05, 3.63) is 65.2 Å². The van der Waals surface area contributed by atoms with Crippen LogP contribution in [-0.4, -0.2) is 14.5 Å². The van der Waals surface area contributed by atoms with Crippen molar-refractivity contribution in [2.75, 3.05) is 0 Å². The first-order chi connectivity index (χ1) is 10.5. The molecule has 0 aliphatic carbocycles. The molecule has 5 heteroatoms. The van der Waals surface area contributed by atoms with Crippen LogP contribution >= 0.6 is 11.6 Å². The molecule has 114 valence electrons. The summed E-state index contributed by atoms with van der Waals surface area (Å²) in [5, 5.41) is 0.461.